The molecule has 2 amide bonds. The molecule has 2 atom stereocenters. The highest BCUT2D eigenvalue weighted by Crippen LogP contribution is 2.49. The lowest BCUT2D eigenvalue weighted by atomic mass is 9.64. The molecule has 1 spiro atoms. The van der Waals surface area contributed by atoms with Crippen LogP contribution >= 0.6 is 0 Å². The number of nitrogens with one attached hydrogen (secondary N) is 1. The van der Waals surface area contributed by atoms with E-state index >= 15 is 0 Å². The van der Waals surface area contributed by atoms with Crippen LogP contribution in [0.5, 0.6) is 6.01 Å². The van der Waals surface area contributed by atoms with Gasteiger partial charge in [0, 0.05) is 26.1 Å². The Labute approximate surface area is 227 Å². The average molecular weight is 559 g/mol. The second kappa shape index (κ2) is 10.1. The summed E-state index contributed by atoms with van der Waals surface area (Å²) in [5.74, 6) is -2.19. The van der Waals surface area contributed by atoms with E-state index < -0.39 is 40.8 Å². The number of anilines is 2. The summed E-state index contributed by atoms with van der Waals surface area (Å²) in [6.07, 6.45) is -3.65. The maximum Gasteiger partial charge on any atom is 0.416 e. The molecular formula is C27H26F4N6O3. The molecule has 2 unspecified atom stereocenters. The van der Waals surface area contributed by atoms with E-state index in [0.717, 1.165) is 6.07 Å². The van der Waals surface area contributed by atoms with Crippen LogP contribution in [-0.4, -0.2) is 59.5 Å². The fraction of sp³-hybridized carbons (Fsp3) is 0.444. The third-order valence-corrected chi connectivity index (χ3v) is 7.90. The van der Waals surface area contributed by atoms with E-state index in [4.69, 9.17) is 4.74 Å². The van der Waals surface area contributed by atoms with Crippen LogP contribution in [0.2, 0.25) is 0 Å². The third kappa shape index (κ3) is 4.51. The SMILES string of the molecule is C=C(F)C(=O)N1CCN(c2nc(OC)nc3c2NC(=O)C2(CCCc4c(C(F)(F)F)cccc42)C3)CC1CC#N. The van der Waals surface area contributed by atoms with Crippen LogP contribution in [0.25, 0.3) is 0 Å². The number of methoxy groups -OCH3 is 1. The molecule has 2 aromatic rings. The number of amides is 2. The Morgan fingerprint density at radius 1 is 1.32 bits per heavy atom. The lowest BCUT2D eigenvalue weighted by molar-refractivity contribution is -0.138. The van der Waals surface area contributed by atoms with Gasteiger partial charge in [0.15, 0.2) is 11.6 Å². The van der Waals surface area contributed by atoms with Crippen LogP contribution in [0.15, 0.2) is 30.6 Å². The van der Waals surface area contributed by atoms with E-state index in [0.29, 0.717) is 35.6 Å². The van der Waals surface area contributed by atoms with Gasteiger partial charge in [0.1, 0.15) is 5.69 Å². The van der Waals surface area contributed by atoms with Crippen molar-refractivity contribution < 1.29 is 31.9 Å². The minimum absolute atomic E-state index is 0.00685. The molecule has 1 N–H and O–H groups in total. The lowest BCUT2D eigenvalue weighted by Crippen LogP contribution is -2.56. The molecular weight excluding hydrogens is 532 g/mol. The third-order valence-electron chi connectivity index (χ3n) is 7.90. The van der Waals surface area contributed by atoms with Gasteiger partial charge in [0.05, 0.1) is 42.3 Å². The van der Waals surface area contributed by atoms with Gasteiger partial charge in [0.2, 0.25) is 5.91 Å². The molecule has 3 heterocycles. The summed E-state index contributed by atoms with van der Waals surface area (Å²) in [7, 11) is 1.37. The first-order valence-electron chi connectivity index (χ1n) is 12.7. The van der Waals surface area contributed by atoms with E-state index in [-0.39, 0.29) is 50.5 Å². The van der Waals surface area contributed by atoms with Crippen molar-refractivity contribution in [3.63, 3.8) is 0 Å². The molecule has 1 saturated heterocycles. The van der Waals surface area contributed by atoms with Gasteiger partial charge in [-0.3, -0.25) is 9.59 Å². The first kappa shape index (κ1) is 27.4. The predicted octanol–water partition coefficient (Wildman–Crippen LogP) is 3.69. The number of carbonyl (C=O) groups is 2. The summed E-state index contributed by atoms with van der Waals surface area (Å²) in [5.41, 5.74) is -0.844. The van der Waals surface area contributed by atoms with Gasteiger partial charge in [-0.15, -0.1) is 0 Å². The molecule has 40 heavy (non-hydrogen) atoms. The first-order chi connectivity index (χ1) is 19.0. The number of rotatable bonds is 4. The van der Waals surface area contributed by atoms with Crippen LogP contribution in [0, 0.1) is 11.3 Å². The minimum Gasteiger partial charge on any atom is -0.467 e. The molecule has 1 fully saturated rings. The Kier molecular flexibility index (Phi) is 6.89. The number of ether oxygens (including phenoxy) is 1. The van der Waals surface area contributed by atoms with E-state index in [9.17, 15) is 32.4 Å². The highest BCUT2D eigenvalue weighted by molar-refractivity contribution is 6.04. The number of piperazine rings is 1. The van der Waals surface area contributed by atoms with Gasteiger partial charge < -0.3 is 19.9 Å². The maximum absolute atomic E-state index is 13.8. The Balaban J connectivity index is 1.55. The predicted molar refractivity (Wildman–Crippen MR) is 135 cm³/mol. The molecule has 5 rings (SSSR count). The Morgan fingerprint density at radius 3 is 2.77 bits per heavy atom. The number of hydrogen-bond acceptors (Lipinski definition) is 7. The average Bonchev–Trinajstić information content (AvgIpc) is 2.92. The molecule has 9 nitrogen and oxygen atoms in total. The molecule has 3 aliphatic rings. The quantitative estimate of drug-likeness (QED) is 0.450. The van der Waals surface area contributed by atoms with Crippen molar-refractivity contribution in [2.75, 3.05) is 37.0 Å². The molecule has 210 valence electrons. The number of carbonyl (C=O) groups excluding carboxylic acids is 2. The number of halogens is 4. The smallest absolute Gasteiger partial charge is 0.416 e. The zero-order valence-corrected chi connectivity index (χ0v) is 21.6. The van der Waals surface area contributed by atoms with Crippen molar-refractivity contribution in [2.45, 2.75) is 49.7 Å². The zero-order valence-electron chi connectivity index (χ0n) is 21.6. The molecule has 2 aliphatic heterocycles. The largest absolute Gasteiger partial charge is 0.467 e. The van der Waals surface area contributed by atoms with Crippen LogP contribution in [0.1, 0.15) is 41.6 Å². The Morgan fingerprint density at radius 2 is 2.10 bits per heavy atom. The summed E-state index contributed by atoms with van der Waals surface area (Å²) >= 11 is 0. The summed E-state index contributed by atoms with van der Waals surface area (Å²) in [4.78, 5) is 38.0. The number of hydrogen-bond donors (Lipinski definition) is 1. The normalized spacial score (nSPS) is 22.2. The van der Waals surface area contributed by atoms with E-state index in [2.05, 4.69) is 21.9 Å². The van der Waals surface area contributed by atoms with Gasteiger partial charge in [-0.05, 0) is 36.5 Å². The summed E-state index contributed by atoms with van der Waals surface area (Å²) in [6, 6.07) is 5.27. The molecule has 1 aliphatic carbocycles. The topological polar surface area (TPSA) is 111 Å². The molecule has 1 aromatic heterocycles. The van der Waals surface area contributed by atoms with Crippen molar-refractivity contribution in [3.8, 4) is 12.1 Å². The summed E-state index contributed by atoms with van der Waals surface area (Å²) in [5, 5.41) is 12.2. The van der Waals surface area contributed by atoms with Crippen LogP contribution in [0.4, 0.5) is 29.1 Å². The second-order valence-electron chi connectivity index (χ2n) is 10.1. The molecule has 0 bridgehead atoms. The van der Waals surface area contributed by atoms with Crippen molar-refractivity contribution in [1.29, 1.82) is 5.26 Å². The molecule has 0 saturated carbocycles. The van der Waals surface area contributed by atoms with Crippen molar-refractivity contribution in [1.82, 2.24) is 14.9 Å². The molecule has 0 radical (unpaired) electrons. The number of nitriles is 1. The molecule has 13 heteroatoms. The second-order valence-corrected chi connectivity index (χ2v) is 10.1. The number of aromatic nitrogens is 2. The Hall–Kier alpha value is -4.21. The zero-order chi connectivity index (χ0) is 28.8. The van der Waals surface area contributed by atoms with Gasteiger partial charge in [-0.1, -0.05) is 18.7 Å². The van der Waals surface area contributed by atoms with Gasteiger partial charge in [0.25, 0.3) is 5.91 Å². The summed E-state index contributed by atoms with van der Waals surface area (Å²) < 4.78 is 60.4. The number of fused-ring (bicyclic) bond motifs is 3. The van der Waals surface area contributed by atoms with Gasteiger partial charge in [-0.2, -0.15) is 28.4 Å². The van der Waals surface area contributed by atoms with Crippen molar-refractivity contribution >= 4 is 23.3 Å². The van der Waals surface area contributed by atoms with E-state index in [1.165, 1.54) is 18.1 Å². The van der Waals surface area contributed by atoms with Crippen LogP contribution in [0.3, 0.4) is 0 Å². The van der Waals surface area contributed by atoms with Crippen molar-refractivity contribution in [3.05, 3.63) is 53.0 Å². The van der Waals surface area contributed by atoms with E-state index in [1.807, 2.05) is 6.07 Å². The lowest BCUT2D eigenvalue weighted by Gasteiger charge is -2.44. The van der Waals surface area contributed by atoms with Crippen LogP contribution in [-0.2, 0) is 34.0 Å². The minimum atomic E-state index is -4.55. The number of nitrogens with zero attached hydrogens (tertiary/aromatic N) is 5. The molecule has 1 aromatic carbocycles. The number of benzene rings is 1. The Bertz CT molecular complexity index is 1440. The van der Waals surface area contributed by atoms with Crippen molar-refractivity contribution in [2.24, 2.45) is 0 Å². The monoisotopic (exact) mass is 558 g/mol. The fourth-order valence-corrected chi connectivity index (χ4v) is 6.09. The van der Waals surface area contributed by atoms with E-state index in [1.54, 1.807) is 11.0 Å². The fourth-order valence-electron chi connectivity index (χ4n) is 6.09. The number of alkyl halides is 3. The van der Waals surface area contributed by atoms with Gasteiger partial charge in [-0.25, -0.2) is 4.39 Å². The van der Waals surface area contributed by atoms with Gasteiger partial charge >= 0.3 is 12.2 Å². The standard InChI is InChI=1S/C27H26F4N6O3/c1-15(28)23(38)37-12-11-36(14-16(37)8-10-32)22-21-20(33-25(35-22)40-2)13-26(24(39)34-21)9-4-5-17-18(26)6-3-7-19(17)27(29,30)31/h3,6-7,16H,1,4-5,8-9,11-14H2,2H3,(H,34,39). The first-order valence-corrected chi connectivity index (χ1v) is 12.7. The maximum atomic E-state index is 13.8. The highest BCUT2D eigenvalue weighted by atomic mass is 19.4. The highest BCUT2D eigenvalue weighted by Gasteiger charge is 2.50. The van der Waals surface area contributed by atoms with Crippen LogP contribution < -0.4 is 15.0 Å². The summed E-state index contributed by atoms with van der Waals surface area (Å²) in [6.45, 7) is 3.45.